The smallest absolute Gasteiger partial charge is 0.191 e. The molecular formula is C20H34FIN4O3. The SMILES string of the molecule is CCNC(=NCc1ccc(OCC)c(F)c1)NCC(C)(O)CN1CCOCC1.I. The van der Waals surface area contributed by atoms with Crippen molar-refractivity contribution in [2.75, 3.05) is 52.5 Å². The van der Waals surface area contributed by atoms with Gasteiger partial charge < -0.3 is 25.2 Å². The van der Waals surface area contributed by atoms with Crippen LogP contribution >= 0.6 is 24.0 Å². The molecule has 0 radical (unpaired) electrons. The van der Waals surface area contributed by atoms with E-state index in [2.05, 4.69) is 20.5 Å². The number of aliphatic hydroxyl groups is 1. The Balaban J connectivity index is 0.00000420. The quantitative estimate of drug-likeness (QED) is 0.261. The number of guanidine groups is 1. The van der Waals surface area contributed by atoms with Crippen LogP contribution in [-0.4, -0.2) is 74.1 Å². The summed E-state index contributed by atoms with van der Waals surface area (Å²) in [5.74, 6) is 0.444. The topological polar surface area (TPSA) is 78.4 Å². The van der Waals surface area contributed by atoms with Crippen LogP contribution in [0, 0.1) is 5.82 Å². The van der Waals surface area contributed by atoms with E-state index in [1.807, 2.05) is 13.8 Å². The Kier molecular flexibility index (Phi) is 11.8. The van der Waals surface area contributed by atoms with Gasteiger partial charge in [0.1, 0.15) is 0 Å². The Labute approximate surface area is 190 Å². The second kappa shape index (κ2) is 13.2. The van der Waals surface area contributed by atoms with Crippen LogP contribution in [0.5, 0.6) is 5.75 Å². The number of benzene rings is 1. The Morgan fingerprint density at radius 2 is 2.03 bits per heavy atom. The minimum Gasteiger partial charge on any atom is -0.491 e. The van der Waals surface area contributed by atoms with E-state index in [9.17, 15) is 9.50 Å². The molecule has 7 nitrogen and oxygen atoms in total. The first-order valence-corrected chi connectivity index (χ1v) is 9.89. The molecule has 1 saturated heterocycles. The van der Waals surface area contributed by atoms with Crippen molar-refractivity contribution in [3.05, 3.63) is 29.6 Å². The Morgan fingerprint density at radius 1 is 1.31 bits per heavy atom. The molecule has 1 heterocycles. The van der Waals surface area contributed by atoms with Gasteiger partial charge in [0, 0.05) is 32.7 Å². The summed E-state index contributed by atoms with van der Waals surface area (Å²) in [5, 5.41) is 17.0. The lowest BCUT2D eigenvalue weighted by atomic mass is 10.1. The van der Waals surface area contributed by atoms with E-state index in [0.717, 1.165) is 18.7 Å². The number of nitrogens with one attached hydrogen (secondary N) is 2. The standard InChI is InChI=1S/C20H33FN4O3.HI/c1-4-22-19(23-13-16-6-7-18(28-5-2)17(21)12-16)24-14-20(3,26)15-25-8-10-27-11-9-25;/h6-7,12,26H,4-5,8-11,13-15H2,1-3H3,(H2,22,23,24);1H. The predicted molar refractivity (Wildman–Crippen MR) is 124 cm³/mol. The molecule has 0 aliphatic carbocycles. The van der Waals surface area contributed by atoms with Crippen molar-refractivity contribution in [3.63, 3.8) is 0 Å². The van der Waals surface area contributed by atoms with Crippen LogP contribution in [-0.2, 0) is 11.3 Å². The molecule has 2 rings (SSSR count). The zero-order chi connectivity index (χ0) is 20.4. The summed E-state index contributed by atoms with van der Waals surface area (Å²) < 4.78 is 24.5. The molecule has 9 heteroatoms. The number of hydrogen-bond donors (Lipinski definition) is 3. The van der Waals surface area contributed by atoms with Crippen molar-refractivity contribution in [3.8, 4) is 5.75 Å². The fourth-order valence-electron chi connectivity index (χ4n) is 3.00. The summed E-state index contributed by atoms with van der Waals surface area (Å²) >= 11 is 0. The summed E-state index contributed by atoms with van der Waals surface area (Å²) in [5.41, 5.74) is -0.156. The Morgan fingerprint density at radius 3 is 2.66 bits per heavy atom. The van der Waals surface area contributed by atoms with Gasteiger partial charge in [-0.3, -0.25) is 4.90 Å². The van der Waals surface area contributed by atoms with Crippen molar-refractivity contribution in [2.24, 2.45) is 4.99 Å². The third-order valence-electron chi connectivity index (χ3n) is 4.36. The lowest BCUT2D eigenvalue weighted by Crippen LogP contribution is -2.52. The molecule has 1 unspecified atom stereocenters. The van der Waals surface area contributed by atoms with Gasteiger partial charge in [0.05, 0.1) is 32.0 Å². The number of β-amino-alcohol motifs (C(OH)–C–C–N with tert-alkyl or cyclic N) is 1. The molecule has 0 amide bonds. The van der Waals surface area contributed by atoms with Crippen molar-refractivity contribution < 1.29 is 19.0 Å². The first kappa shape index (κ1) is 25.9. The fourth-order valence-corrected chi connectivity index (χ4v) is 3.00. The van der Waals surface area contributed by atoms with Gasteiger partial charge in [-0.2, -0.15) is 0 Å². The molecule has 1 aliphatic heterocycles. The van der Waals surface area contributed by atoms with Gasteiger partial charge >= 0.3 is 0 Å². The van der Waals surface area contributed by atoms with Crippen LogP contribution in [0.3, 0.4) is 0 Å². The highest BCUT2D eigenvalue weighted by Gasteiger charge is 2.25. The van der Waals surface area contributed by atoms with E-state index in [4.69, 9.17) is 9.47 Å². The average molecular weight is 524 g/mol. The van der Waals surface area contributed by atoms with E-state index >= 15 is 0 Å². The van der Waals surface area contributed by atoms with Gasteiger partial charge in [0.2, 0.25) is 0 Å². The number of halogens is 2. The van der Waals surface area contributed by atoms with E-state index < -0.39 is 5.60 Å². The highest BCUT2D eigenvalue weighted by molar-refractivity contribution is 14.0. The number of rotatable bonds is 9. The summed E-state index contributed by atoms with van der Waals surface area (Å²) in [4.78, 5) is 6.68. The van der Waals surface area contributed by atoms with Gasteiger partial charge in [-0.25, -0.2) is 9.38 Å². The minimum absolute atomic E-state index is 0. The fraction of sp³-hybridized carbons (Fsp3) is 0.650. The molecule has 1 atom stereocenters. The zero-order valence-electron chi connectivity index (χ0n) is 17.5. The van der Waals surface area contributed by atoms with Crippen LogP contribution in [0.25, 0.3) is 0 Å². The lowest BCUT2D eigenvalue weighted by Gasteiger charge is -2.34. The monoisotopic (exact) mass is 524 g/mol. The van der Waals surface area contributed by atoms with Crippen molar-refractivity contribution in [2.45, 2.75) is 32.9 Å². The normalized spacial score (nSPS) is 17.2. The summed E-state index contributed by atoms with van der Waals surface area (Å²) in [6.45, 7) is 11.0. The summed E-state index contributed by atoms with van der Waals surface area (Å²) in [6, 6.07) is 4.86. The number of aliphatic imine (C=N–C) groups is 1. The van der Waals surface area contributed by atoms with Gasteiger partial charge in [-0.1, -0.05) is 6.07 Å². The van der Waals surface area contributed by atoms with Crippen molar-refractivity contribution >= 4 is 29.9 Å². The molecule has 0 saturated carbocycles. The van der Waals surface area contributed by atoms with Gasteiger partial charge in [-0.05, 0) is 38.5 Å². The second-order valence-electron chi connectivity index (χ2n) is 7.13. The maximum Gasteiger partial charge on any atom is 0.191 e. The number of nitrogens with zero attached hydrogens (tertiary/aromatic N) is 2. The molecule has 166 valence electrons. The van der Waals surface area contributed by atoms with Crippen molar-refractivity contribution in [1.29, 1.82) is 0 Å². The molecule has 1 aromatic carbocycles. The van der Waals surface area contributed by atoms with Gasteiger partial charge in [0.25, 0.3) is 0 Å². The van der Waals surface area contributed by atoms with E-state index in [1.165, 1.54) is 6.07 Å². The summed E-state index contributed by atoms with van der Waals surface area (Å²) in [7, 11) is 0. The molecular weight excluding hydrogens is 490 g/mol. The van der Waals surface area contributed by atoms with E-state index in [0.29, 0.717) is 52.0 Å². The molecule has 1 fully saturated rings. The summed E-state index contributed by atoms with van der Waals surface area (Å²) in [6.07, 6.45) is 0. The second-order valence-corrected chi connectivity index (χ2v) is 7.13. The Hall–Kier alpha value is -1.17. The van der Waals surface area contributed by atoms with Crippen LogP contribution in [0.2, 0.25) is 0 Å². The lowest BCUT2D eigenvalue weighted by molar-refractivity contribution is -0.0201. The predicted octanol–water partition coefficient (Wildman–Crippen LogP) is 1.98. The molecule has 1 aliphatic rings. The number of morpholine rings is 1. The highest BCUT2D eigenvalue weighted by atomic mass is 127. The van der Waals surface area contributed by atoms with Crippen LogP contribution in [0.15, 0.2) is 23.2 Å². The first-order chi connectivity index (χ1) is 13.4. The van der Waals surface area contributed by atoms with E-state index in [1.54, 1.807) is 19.1 Å². The van der Waals surface area contributed by atoms with Crippen LogP contribution < -0.4 is 15.4 Å². The molecule has 0 aromatic heterocycles. The highest BCUT2D eigenvalue weighted by Crippen LogP contribution is 2.18. The number of ether oxygens (including phenoxy) is 2. The van der Waals surface area contributed by atoms with Gasteiger partial charge in [-0.15, -0.1) is 24.0 Å². The van der Waals surface area contributed by atoms with Crippen LogP contribution in [0.1, 0.15) is 26.3 Å². The van der Waals surface area contributed by atoms with E-state index in [-0.39, 0.29) is 35.5 Å². The number of hydrogen-bond acceptors (Lipinski definition) is 5. The third kappa shape index (κ3) is 9.45. The maximum absolute atomic E-state index is 14.0. The largest absolute Gasteiger partial charge is 0.491 e. The first-order valence-electron chi connectivity index (χ1n) is 9.89. The molecule has 29 heavy (non-hydrogen) atoms. The molecule has 1 aromatic rings. The Bertz CT molecular complexity index is 640. The minimum atomic E-state index is -0.904. The molecule has 3 N–H and O–H groups in total. The average Bonchev–Trinajstić information content (AvgIpc) is 2.66. The molecule has 0 spiro atoms. The van der Waals surface area contributed by atoms with Crippen LogP contribution in [0.4, 0.5) is 4.39 Å². The van der Waals surface area contributed by atoms with Crippen molar-refractivity contribution in [1.82, 2.24) is 15.5 Å². The molecule has 0 bridgehead atoms. The van der Waals surface area contributed by atoms with Gasteiger partial charge in [0.15, 0.2) is 17.5 Å². The zero-order valence-corrected chi connectivity index (χ0v) is 19.9. The maximum atomic E-state index is 14.0. The third-order valence-corrected chi connectivity index (χ3v) is 4.36.